The lowest BCUT2D eigenvalue weighted by atomic mass is 10.1. The number of carbonyl (C=O) groups is 1. The predicted octanol–water partition coefficient (Wildman–Crippen LogP) is 3.62. The number of carbonyl (C=O) groups excluding carboxylic acids is 1. The molecule has 2 aromatic carbocycles. The van der Waals surface area contributed by atoms with Crippen molar-refractivity contribution in [3.05, 3.63) is 47.0 Å². The first-order valence-corrected chi connectivity index (χ1v) is 6.83. The second-order valence-corrected chi connectivity index (χ2v) is 4.80. The fourth-order valence-corrected chi connectivity index (χ4v) is 2.12. The molecule has 0 spiro atoms. The standard InChI is InChI=1S/C16H16ClNO4/c1-20-11-5-7-14(21-2)13(9-11)18-16(19)12-6-4-10(17)8-15(12)22-3/h4-9H,1-3H3,(H,18,19). The van der Waals surface area contributed by atoms with Crippen molar-refractivity contribution in [2.75, 3.05) is 26.6 Å². The predicted molar refractivity (Wildman–Crippen MR) is 85.5 cm³/mol. The normalized spacial score (nSPS) is 10.0. The first kappa shape index (κ1) is 16.0. The Hall–Kier alpha value is -2.40. The summed E-state index contributed by atoms with van der Waals surface area (Å²) in [6.45, 7) is 0. The summed E-state index contributed by atoms with van der Waals surface area (Å²) in [5.41, 5.74) is 0.876. The summed E-state index contributed by atoms with van der Waals surface area (Å²) >= 11 is 5.90. The van der Waals surface area contributed by atoms with Crippen LogP contribution in [0.15, 0.2) is 36.4 Å². The second-order valence-electron chi connectivity index (χ2n) is 4.36. The Morgan fingerprint density at radius 2 is 1.68 bits per heavy atom. The molecule has 0 atom stereocenters. The zero-order chi connectivity index (χ0) is 16.1. The molecule has 0 aliphatic heterocycles. The van der Waals surface area contributed by atoms with Gasteiger partial charge in [-0.2, -0.15) is 0 Å². The summed E-state index contributed by atoms with van der Waals surface area (Å²) in [5, 5.41) is 3.27. The van der Waals surface area contributed by atoms with Crippen molar-refractivity contribution in [1.29, 1.82) is 0 Å². The molecule has 1 amide bonds. The summed E-state index contributed by atoms with van der Waals surface area (Å²) < 4.78 is 15.6. The van der Waals surface area contributed by atoms with E-state index in [2.05, 4.69) is 5.32 Å². The highest BCUT2D eigenvalue weighted by Crippen LogP contribution is 2.30. The van der Waals surface area contributed by atoms with Crippen LogP contribution in [0.25, 0.3) is 0 Å². The number of hydrogen-bond acceptors (Lipinski definition) is 4. The average molecular weight is 322 g/mol. The van der Waals surface area contributed by atoms with Gasteiger partial charge in [-0.1, -0.05) is 11.6 Å². The molecule has 0 aliphatic rings. The Bertz CT molecular complexity index is 688. The van der Waals surface area contributed by atoms with Crippen molar-refractivity contribution in [3.8, 4) is 17.2 Å². The van der Waals surface area contributed by atoms with Crippen LogP contribution >= 0.6 is 11.6 Å². The number of halogens is 1. The molecule has 2 aromatic rings. The van der Waals surface area contributed by atoms with Crippen LogP contribution in [0.2, 0.25) is 5.02 Å². The van der Waals surface area contributed by atoms with Crippen LogP contribution in [0.1, 0.15) is 10.4 Å². The minimum atomic E-state index is -0.333. The van der Waals surface area contributed by atoms with Crippen molar-refractivity contribution in [1.82, 2.24) is 0 Å². The van der Waals surface area contributed by atoms with Gasteiger partial charge in [-0.15, -0.1) is 0 Å². The van der Waals surface area contributed by atoms with Gasteiger partial charge in [-0.05, 0) is 30.3 Å². The highest BCUT2D eigenvalue weighted by molar-refractivity contribution is 6.31. The van der Waals surface area contributed by atoms with E-state index in [-0.39, 0.29) is 5.91 Å². The van der Waals surface area contributed by atoms with Crippen molar-refractivity contribution < 1.29 is 19.0 Å². The van der Waals surface area contributed by atoms with Gasteiger partial charge in [0.05, 0.1) is 32.6 Å². The van der Waals surface area contributed by atoms with Gasteiger partial charge in [0.2, 0.25) is 0 Å². The Morgan fingerprint density at radius 1 is 0.955 bits per heavy atom. The maximum atomic E-state index is 12.4. The zero-order valence-electron chi connectivity index (χ0n) is 12.5. The molecule has 0 saturated heterocycles. The van der Waals surface area contributed by atoms with E-state index in [0.717, 1.165) is 0 Å². The highest BCUT2D eigenvalue weighted by Gasteiger charge is 2.15. The van der Waals surface area contributed by atoms with E-state index in [1.54, 1.807) is 43.5 Å². The molecule has 1 N–H and O–H groups in total. The van der Waals surface area contributed by atoms with Gasteiger partial charge in [-0.25, -0.2) is 0 Å². The molecule has 0 bridgehead atoms. The molecule has 22 heavy (non-hydrogen) atoms. The van der Waals surface area contributed by atoms with Gasteiger partial charge in [0.15, 0.2) is 0 Å². The summed E-state index contributed by atoms with van der Waals surface area (Å²) in [6.07, 6.45) is 0. The van der Waals surface area contributed by atoms with Crippen LogP contribution in [-0.2, 0) is 0 Å². The van der Waals surface area contributed by atoms with E-state index in [0.29, 0.717) is 33.5 Å². The van der Waals surface area contributed by atoms with Crippen molar-refractivity contribution in [2.45, 2.75) is 0 Å². The lowest BCUT2D eigenvalue weighted by Gasteiger charge is -2.13. The number of anilines is 1. The smallest absolute Gasteiger partial charge is 0.259 e. The minimum Gasteiger partial charge on any atom is -0.497 e. The molecule has 2 rings (SSSR count). The largest absolute Gasteiger partial charge is 0.497 e. The quantitative estimate of drug-likeness (QED) is 0.914. The molecule has 116 valence electrons. The number of methoxy groups -OCH3 is 3. The van der Waals surface area contributed by atoms with E-state index in [1.807, 2.05) is 0 Å². The maximum Gasteiger partial charge on any atom is 0.259 e. The van der Waals surface area contributed by atoms with E-state index < -0.39 is 0 Å². The Morgan fingerprint density at radius 3 is 2.32 bits per heavy atom. The maximum absolute atomic E-state index is 12.4. The van der Waals surface area contributed by atoms with Gasteiger partial charge in [0.1, 0.15) is 17.2 Å². The minimum absolute atomic E-state index is 0.333. The van der Waals surface area contributed by atoms with Crippen LogP contribution in [-0.4, -0.2) is 27.2 Å². The summed E-state index contributed by atoms with van der Waals surface area (Å²) in [7, 11) is 4.56. The molecule has 0 aliphatic carbocycles. The molecule has 0 aromatic heterocycles. The van der Waals surface area contributed by atoms with E-state index in [1.165, 1.54) is 14.2 Å². The third-order valence-electron chi connectivity index (χ3n) is 3.06. The first-order valence-electron chi connectivity index (χ1n) is 6.46. The number of benzene rings is 2. The fourth-order valence-electron chi connectivity index (χ4n) is 1.95. The van der Waals surface area contributed by atoms with Crippen LogP contribution < -0.4 is 19.5 Å². The molecular weight excluding hydrogens is 306 g/mol. The Kier molecular flexibility index (Phi) is 5.12. The third-order valence-corrected chi connectivity index (χ3v) is 3.30. The first-order chi connectivity index (χ1) is 10.6. The number of ether oxygens (including phenoxy) is 3. The molecule has 0 heterocycles. The molecule has 0 saturated carbocycles. The van der Waals surface area contributed by atoms with Gasteiger partial charge < -0.3 is 19.5 Å². The van der Waals surface area contributed by atoms with E-state index >= 15 is 0 Å². The Labute approximate surface area is 133 Å². The lowest BCUT2D eigenvalue weighted by Crippen LogP contribution is -2.14. The SMILES string of the molecule is COc1ccc(OC)c(NC(=O)c2ccc(Cl)cc2OC)c1. The second kappa shape index (κ2) is 7.04. The lowest BCUT2D eigenvalue weighted by molar-refractivity contribution is 0.102. The van der Waals surface area contributed by atoms with Crippen molar-refractivity contribution >= 4 is 23.2 Å². The third kappa shape index (κ3) is 3.43. The number of rotatable bonds is 5. The van der Waals surface area contributed by atoms with Crippen molar-refractivity contribution in [3.63, 3.8) is 0 Å². The van der Waals surface area contributed by atoms with Crippen LogP contribution in [0.4, 0.5) is 5.69 Å². The van der Waals surface area contributed by atoms with Crippen LogP contribution in [0.3, 0.4) is 0 Å². The molecule has 0 unspecified atom stereocenters. The van der Waals surface area contributed by atoms with Crippen LogP contribution in [0.5, 0.6) is 17.2 Å². The number of nitrogens with one attached hydrogen (secondary N) is 1. The fraction of sp³-hybridized carbons (Fsp3) is 0.188. The van der Waals surface area contributed by atoms with Crippen LogP contribution in [0, 0.1) is 0 Å². The number of hydrogen-bond donors (Lipinski definition) is 1. The molecule has 0 fully saturated rings. The highest BCUT2D eigenvalue weighted by atomic mass is 35.5. The monoisotopic (exact) mass is 321 g/mol. The van der Waals surface area contributed by atoms with Gasteiger partial charge >= 0.3 is 0 Å². The molecule has 0 radical (unpaired) electrons. The zero-order valence-corrected chi connectivity index (χ0v) is 13.2. The van der Waals surface area contributed by atoms with Crippen molar-refractivity contribution in [2.24, 2.45) is 0 Å². The average Bonchev–Trinajstić information content (AvgIpc) is 2.54. The van der Waals surface area contributed by atoms with Gasteiger partial charge in [0.25, 0.3) is 5.91 Å². The topological polar surface area (TPSA) is 56.8 Å². The van der Waals surface area contributed by atoms with E-state index in [9.17, 15) is 4.79 Å². The number of amides is 1. The summed E-state index contributed by atoms with van der Waals surface area (Å²) in [5.74, 6) is 1.20. The Balaban J connectivity index is 2.32. The molecule has 6 heteroatoms. The summed E-state index contributed by atoms with van der Waals surface area (Å²) in [4.78, 5) is 12.4. The summed E-state index contributed by atoms with van der Waals surface area (Å²) in [6, 6.07) is 9.95. The van der Waals surface area contributed by atoms with Gasteiger partial charge in [0, 0.05) is 11.1 Å². The molecule has 5 nitrogen and oxygen atoms in total. The van der Waals surface area contributed by atoms with E-state index in [4.69, 9.17) is 25.8 Å². The molecular formula is C16H16ClNO4. The van der Waals surface area contributed by atoms with Gasteiger partial charge in [-0.3, -0.25) is 4.79 Å².